The van der Waals surface area contributed by atoms with E-state index >= 15 is 0 Å². The SMILES string of the molecule is CN1C(=O)C(NC(=O)c2cc(Cc3cccnc3)ccn2)COc2ccc(C#CC(C)(C)O)cc21. The van der Waals surface area contributed by atoms with Crippen molar-refractivity contribution in [2.75, 3.05) is 18.6 Å². The number of nitrogens with zero attached hydrogens (tertiary/aromatic N) is 3. The van der Waals surface area contributed by atoms with Gasteiger partial charge in [-0.05, 0) is 67.8 Å². The van der Waals surface area contributed by atoms with Gasteiger partial charge in [0, 0.05) is 31.2 Å². The summed E-state index contributed by atoms with van der Waals surface area (Å²) in [5.41, 5.74) is 2.17. The molecule has 1 atom stereocenters. The number of aliphatic hydroxyl groups is 1. The van der Waals surface area contributed by atoms with Crippen molar-refractivity contribution in [1.82, 2.24) is 15.3 Å². The molecule has 0 fully saturated rings. The van der Waals surface area contributed by atoms with E-state index in [0.29, 0.717) is 23.4 Å². The maximum absolute atomic E-state index is 13.1. The molecule has 0 bridgehead atoms. The molecular weight excluding hydrogens is 444 g/mol. The highest BCUT2D eigenvalue weighted by Crippen LogP contribution is 2.31. The molecule has 0 saturated carbocycles. The maximum atomic E-state index is 13.1. The molecule has 8 heteroatoms. The Labute approximate surface area is 204 Å². The van der Waals surface area contributed by atoms with Crippen LogP contribution in [-0.4, -0.2) is 52.2 Å². The molecular formula is C27H26N4O4. The first kappa shape index (κ1) is 23.9. The molecule has 1 unspecified atom stereocenters. The summed E-state index contributed by atoms with van der Waals surface area (Å²) in [5.74, 6) is 5.37. The van der Waals surface area contributed by atoms with Crippen LogP contribution in [0.3, 0.4) is 0 Å². The summed E-state index contributed by atoms with van der Waals surface area (Å²) in [5, 5.41) is 12.6. The molecule has 1 aliphatic rings. The molecule has 35 heavy (non-hydrogen) atoms. The Bertz CT molecular complexity index is 1310. The molecule has 2 N–H and O–H groups in total. The summed E-state index contributed by atoms with van der Waals surface area (Å²) in [6.45, 7) is 3.17. The van der Waals surface area contributed by atoms with Gasteiger partial charge in [0.05, 0.1) is 5.69 Å². The standard InChI is InChI=1S/C27H26N4O4/c1-27(2,34)10-8-18-6-7-24-23(15-18)31(3)26(33)22(17-35-24)30-25(32)21-14-19(9-12-29-21)13-20-5-4-11-28-16-20/h4-7,9,11-12,14-16,22,34H,13,17H2,1-3H3,(H,30,32). The van der Waals surface area contributed by atoms with Gasteiger partial charge in [0.1, 0.15) is 29.7 Å². The Kier molecular flexibility index (Phi) is 6.80. The summed E-state index contributed by atoms with van der Waals surface area (Å²) in [6.07, 6.45) is 5.67. The Balaban J connectivity index is 1.48. The number of anilines is 1. The molecule has 3 heterocycles. The van der Waals surface area contributed by atoms with E-state index in [1.807, 2.05) is 18.2 Å². The number of benzene rings is 1. The van der Waals surface area contributed by atoms with Gasteiger partial charge < -0.3 is 20.1 Å². The number of carbonyl (C=O) groups is 2. The average Bonchev–Trinajstić information content (AvgIpc) is 2.95. The van der Waals surface area contributed by atoms with Crippen molar-refractivity contribution in [3.63, 3.8) is 0 Å². The third-order valence-electron chi connectivity index (χ3n) is 5.36. The van der Waals surface area contributed by atoms with Crippen molar-refractivity contribution in [2.24, 2.45) is 0 Å². The molecule has 1 aromatic carbocycles. The molecule has 2 amide bonds. The van der Waals surface area contributed by atoms with Crippen molar-refractivity contribution in [1.29, 1.82) is 0 Å². The second-order valence-corrected chi connectivity index (χ2v) is 8.81. The minimum atomic E-state index is -1.14. The van der Waals surface area contributed by atoms with Crippen LogP contribution in [0.1, 0.15) is 41.0 Å². The Hall–Kier alpha value is -4.22. The lowest BCUT2D eigenvalue weighted by Gasteiger charge is -2.20. The molecule has 3 aromatic rings. The fourth-order valence-electron chi connectivity index (χ4n) is 3.58. The number of aromatic nitrogens is 2. The monoisotopic (exact) mass is 470 g/mol. The normalized spacial score (nSPS) is 15.3. The van der Waals surface area contributed by atoms with Crippen LogP contribution in [0.5, 0.6) is 5.75 Å². The highest BCUT2D eigenvalue weighted by atomic mass is 16.5. The second-order valence-electron chi connectivity index (χ2n) is 8.81. The minimum absolute atomic E-state index is 0.0218. The average molecular weight is 471 g/mol. The fraction of sp³-hybridized carbons (Fsp3) is 0.259. The van der Waals surface area contributed by atoms with Crippen LogP contribution < -0.4 is 15.0 Å². The summed E-state index contributed by atoms with van der Waals surface area (Å²) in [7, 11) is 1.62. The van der Waals surface area contributed by atoms with Gasteiger partial charge in [-0.25, -0.2) is 0 Å². The van der Waals surface area contributed by atoms with Crippen LogP contribution in [0, 0.1) is 11.8 Å². The van der Waals surface area contributed by atoms with Crippen molar-refractivity contribution < 1.29 is 19.4 Å². The van der Waals surface area contributed by atoms with Gasteiger partial charge in [-0.3, -0.25) is 19.6 Å². The van der Waals surface area contributed by atoms with E-state index in [9.17, 15) is 14.7 Å². The zero-order valence-electron chi connectivity index (χ0n) is 19.8. The van der Waals surface area contributed by atoms with E-state index in [1.54, 1.807) is 63.8 Å². The van der Waals surface area contributed by atoms with Crippen molar-refractivity contribution in [2.45, 2.75) is 31.9 Å². The number of amides is 2. The zero-order valence-corrected chi connectivity index (χ0v) is 19.8. The Morgan fingerprint density at radius 2 is 2.06 bits per heavy atom. The first-order valence-electron chi connectivity index (χ1n) is 11.1. The number of ether oxygens (including phenoxy) is 1. The lowest BCUT2D eigenvalue weighted by molar-refractivity contribution is -0.120. The molecule has 0 spiro atoms. The van der Waals surface area contributed by atoms with E-state index in [-0.39, 0.29) is 18.2 Å². The fourth-order valence-corrected chi connectivity index (χ4v) is 3.58. The highest BCUT2D eigenvalue weighted by molar-refractivity contribution is 6.03. The second kappa shape index (κ2) is 9.95. The lowest BCUT2D eigenvalue weighted by Crippen LogP contribution is -2.49. The van der Waals surface area contributed by atoms with Crippen LogP contribution in [0.25, 0.3) is 0 Å². The number of likely N-dealkylation sites (N-methyl/N-ethyl adjacent to an activating group) is 1. The van der Waals surface area contributed by atoms with Crippen LogP contribution in [0.15, 0.2) is 61.1 Å². The van der Waals surface area contributed by atoms with Gasteiger partial charge in [-0.15, -0.1) is 0 Å². The maximum Gasteiger partial charge on any atom is 0.270 e. The van der Waals surface area contributed by atoms with Gasteiger partial charge in [0.15, 0.2) is 0 Å². The molecule has 4 rings (SSSR count). The Morgan fingerprint density at radius 3 is 2.80 bits per heavy atom. The molecule has 0 radical (unpaired) electrons. The number of carbonyl (C=O) groups excluding carboxylic acids is 2. The molecule has 8 nitrogen and oxygen atoms in total. The van der Waals surface area contributed by atoms with E-state index < -0.39 is 17.6 Å². The predicted molar refractivity (Wildman–Crippen MR) is 131 cm³/mol. The van der Waals surface area contributed by atoms with Crippen LogP contribution >= 0.6 is 0 Å². The van der Waals surface area contributed by atoms with Gasteiger partial charge in [0.25, 0.3) is 11.8 Å². The molecule has 1 aliphatic heterocycles. The van der Waals surface area contributed by atoms with Crippen molar-refractivity contribution in [3.05, 3.63) is 83.4 Å². The summed E-state index contributed by atoms with van der Waals surface area (Å²) in [6, 6.07) is 11.7. The topological polar surface area (TPSA) is 105 Å². The van der Waals surface area contributed by atoms with Crippen LogP contribution in [0.4, 0.5) is 5.69 Å². The minimum Gasteiger partial charge on any atom is -0.489 e. The van der Waals surface area contributed by atoms with Gasteiger partial charge in [0.2, 0.25) is 0 Å². The van der Waals surface area contributed by atoms with Gasteiger partial charge in [-0.1, -0.05) is 17.9 Å². The predicted octanol–water partition coefficient (Wildman–Crippen LogP) is 2.34. The van der Waals surface area contributed by atoms with Crippen molar-refractivity contribution >= 4 is 17.5 Å². The van der Waals surface area contributed by atoms with Gasteiger partial charge >= 0.3 is 0 Å². The summed E-state index contributed by atoms with van der Waals surface area (Å²) < 4.78 is 5.84. The number of hydrogen-bond acceptors (Lipinski definition) is 6. The Morgan fingerprint density at radius 1 is 1.23 bits per heavy atom. The molecule has 0 saturated heterocycles. The van der Waals surface area contributed by atoms with Crippen LogP contribution in [0.2, 0.25) is 0 Å². The number of fused-ring (bicyclic) bond motifs is 1. The molecule has 0 aliphatic carbocycles. The number of nitrogens with one attached hydrogen (secondary N) is 1. The quantitative estimate of drug-likeness (QED) is 0.568. The first-order chi connectivity index (χ1) is 16.7. The van der Waals surface area contributed by atoms with Crippen molar-refractivity contribution in [3.8, 4) is 17.6 Å². The van der Waals surface area contributed by atoms with Gasteiger partial charge in [-0.2, -0.15) is 0 Å². The van der Waals surface area contributed by atoms with E-state index in [1.165, 1.54) is 4.90 Å². The summed E-state index contributed by atoms with van der Waals surface area (Å²) in [4.78, 5) is 35.8. The molecule has 2 aromatic heterocycles. The smallest absolute Gasteiger partial charge is 0.270 e. The first-order valence-corrected chi connectivity index (χ1v) is 11.1. The van der Waals surface area contributed by atoms with Crippen LogP contribution in [-0.2, 0) is 11.2 Å². The number of hydrogen-bond donors (Lipinski definition) is 2. The molecule has 178 valence electrons. The number of rotatable bonds is 4. The van der Waals surface area contributed by atoms with E-state index in [0.717, 1.165) is 11.1 Å². The third kappa shape index (κ3) is 6.02. The highest BCUT2D eigenvalue weighted by Gasteiger charge is 2.31. The third-order valence-corrected chi connectivity index (χ3v) is 5.36. The lowest BCUT2D eigenvalue weighted by atomic mass is 10.1. The largest absolute Gasteiger partial charge is 0.489 e. The number of pyridine rings is 2. The van der Waals surface area contributed by atoms with E-state index in [4.69, 9.17) is 4.74 Å². The zero-order chi connectivity index (χ0) is 25.0. The summed E-state index contributed by atoms with van der Waals surface area (Å²) >= 11 is 0. The van der Waals surface area contributed by atoms with E-state index in [2.05, 4.69) is 27.1 Å².